The third kappa shape index (κ3) is 2.86. The van der Waals surface area contributed by atoms with Gasteiger partial charge in [-0.25, -0.2) is 0 Å². The fraction of sp³-hybridized carbons (Fsp3) is 0.625. The van der Waals surface area contributed by atoms with Gasteiger partial charge in [0, 0.05) is 15.5 Å². The van der Waals surface area contributed by atoms with Gasteiger partial charge in [-0.3, -0.25) is 0 Å². The fourth-order valence-corrected chi connectivity index (χ4v) is 5.11. The van der Waals surface area contributed by atoms with Gasteiger partial charge in [0.25, 0.3) is 0 Å². The van der Waals surface area contributed by atoms with E-state index in [-0.39, 0.29) is 0 Å². The summed E-state index contributed by atoms with van der Waals surface area (Å²) in [6.45, 7) is 0. The zero-order valence-corrected chi connectivity index (χ0v) is 13.7. The quantitative estimate of drug-likeness (QED) is 0.794. The van der Waals surface area contributed by atoms with Crippen molar-refractivity contribution in [2.45, 2.75) is 38.1 Å². The normalized spacial score (nSPS) is 30.8. The average Bonchev–Trinajstić information content (AvgIpc) is 2.99. The van der Waals surface area contributed by atoms with Crippen molar-refractivity contribution in [1.29, 1.82) is 0 Å². The molecule has 0 radical (unpaired) electrons. The van der Waals surface area contributed by atoms with E-state index in [0.717, 1.165) is 27.2 Å². The first-order valence-corrected chi connectivity index (χ1v) is 8.46. The standard InChI is InChI=1S/C16H21BrClN/c1-19-16(14-5-4-13(18)9-15(14)17)8-12-7-10-2-3-11(12)6-10/h4-5,9-12,16,19H,2-3,6-8H2,1H3. The van der Waals surface area contributed by atoms with Crippen LogP contribution >= 0.6 is 27.5 Å². The second-order valence-corrected chi connectivity index (χ2v) is 7.47. The highest BCUT2D eigenvalue weighted by Gasteiger charge is 2.40. The van der Waals surface area contributed by atoms with E-state index in [9.17, 15) is 0 Å². The van der Waals surface area contributed by atoms with E-state index in [1.165, 1.54) is 37.7 Å². The van der Waals surface area contributed by atoms with Crippen molar-refractivity contribution in [3.05, 3.63) is 33.3 Å². The molecule has 0 heterocycles. The number of fused-ring (bicyclic) bond motifs is 2. The molecule has 1 aromatic carbocycles. The van der Waals surface area contributed by atoms with Gasteiger partial charge in [-0.1, -0.05) is 40.0 Å². The van der Waals surface area contributed by atoms with Crippen molar-refractivity contribution in [2.75, 3.05) is 7.05 Å². The molecule has 4 atom stereocenters. The molecule has 104 valence electrons. The third-order valence-corrected chi connectivity index (χ3v) is 6.03. The van der Waals surface area contributed by atoms with Crippen LogP contribution in [0.25, 0.3) is 0 Å². The Kier molecular flexibility index (Phi) is 4.21. The first-order chi connectivity index (χ1) is 9.17. The van der Waals surface area contributed by atoms with E-state index >= 15 is 0 Å². The van der Waals surface area contributed by atoms with Crippen molar-refractivity contribution in [3.63, 3.8) is 0 Å². The summed E-state index contributed by atoms with van der Waals surface area (Å²) >= 11 is 9.69. The minimum atomic E-state index is 0.441. The summed E-state index contributed by atoms with van der Waals surface area (Å²) in [6, 6.07) is 6.59. The molecule has 3 heteroatoms. The summed E-state index contributed by atoms with van der Waals surface area (Å²) in [4.78, 5) is 0. The Balaban J connectivity index is 1.73. The van der Waals surface area contributed by atoms with Gasteiger partial charge in [0.15, 0.2) is 0 Å². The molecule has 1 N–H and O–H groups in total. The van der Waals surface area contributed by atoms with Crippen LogP contribution in [0.1, 0.15) is 43.7 Å². The van der Waals surface area contributed by atoms with E-state index in [4.69, 9.17) is 11.6 Å². The van der Waals surface area contributed by atoms with E-state index in [1.54, 1.807) is 0 Å². The topological polar surface area (TPSA) is 12.0 Å². The highest BCUT2D eigenvalue weighted by atomic mass is 79.9. The Hall–Kier alpha value is -0.0500. The molecule has 2 aliphatic carbocycles. The largest absolute Gasteiger partial charge is 0.313 e. The number of benzene rings is 1. The van der Waals surface area contributed by atoms with Crippen LogP contribution in [-0.4, -0.2) is 7.05 Å². The summed E-state index contributed by atoms with van der Waals surface area (Å²) < 4.78 is 1.13. The molecule has 2 saturated carbocycles. The molecule has 1 nitrogen and oxygen atoms in total. The van der Waals surface area contributed by atoms with Crippen LogP contribution in [0.2, 0.25) is 5.02 Å². The summed E-state index contributed by atoms with van der Waals surface area (Å²) in [7, 11) is 2.07. The van der Waals surface area contributed by atoms with E-state index in [1.807, 2.05) is 12.1 Å². The first-order valence-electron chi connectivity index (χ1n) is 7.29. The van der Waals surface area contributed by atoms with Gasteiger partial charge in [-0.05, 0) is 68.2 Å². The van der Waals surface area contributed by atoms with Crippen molar-refractivity contribution in [3.8, 4) is 0 Å². The maximum Gasteiger partial charge on any atom is 0.0417 e. The van der Waals surface area contributed by atoms with Crippen LogP contribution in [0.5, 0.6) is 0 Å². The lowest BCUT2D eigenvalue weighted by Crippen LogP contribution is -2.23. The van der Waals surface area contributed by atoms with E-state index in [2.05, 4.69) is 34.4 Å². The van der Waals surface area contributed by atoms with Gasteiger partial charge in [-0.15, -0.1) is 0 Å². The molecule has 2 fully saturated rings. The molecule has 4 unspecified atom stereocenters. The number of hydrogen-bond donors (Lipinski definition) is 1. The molecule has 1 aromatic rings. The summed E-state index contributed by atoms with van der Waals surface area (Å²) in [5.74, 6) is 2.94. The van der Waals surface area contributed by atoms with Crippen LogP contribution in [0, 0.1) is 17.8 Å². The molecule has 19 heavy (non-hydrogen) atoms. The molecular weight excluding hydrogens is 322 g/mol. The lowest BCUT2D eigenvalue weighted by Gasteiger charge is -2.27. The van der Waals surface area contributed by atoms with Crippen molar-refractivity contribution in [1.82, 2.24) is 5.32 Å². The first kappa shape index (κ1) is 13.9. The number of halogens is 2. The monoisotopic (exact) mass is 341 g/mol. The van der Waals surface area contributed by atoms with Crippen molar-refractivity contribution in [2.24, 2.45) is 17.8 Å². The SMILES string of the molecule is CNC(CC1CC2CCC1C2)c1ccc(Cl)cc1Br. The van der Waals surface area contributed by atoms with Crippen LogP contribution < -0.4 is 5.32 Å². The smallest absolute Gasteiger partial charge is 0.0417 e. The Morgan fingerprint density at radius 2 is 2.21 bits per heavy atom. The van der Waals surface area contributed by atoms with Gasteiger partial charge in [0.05, 0.1) is 0 Å². The molecule has 0 amide bonds. The van der Waals surface area contributed by atoms with Crippen LogP contribution in [0.15, 0.2) is 22.7 Å². The summed E-state index contributed by atoms with van der Waals surface area (Å²) in [5.41, 5.74) is 1.34. The summed E-state index contributed by atoms with van der Waals surface area (Å²) in [6.07, 6.45) is 7.15. The zero-order valence-electron chi connectivity index (χ0n) is 11.3. The maximum atomic E-state index is 6.04. The Bertz CT molecular complexity index is 462. The lowest BCUT2D eigenvalue weighted by molar-refractivity contribution is 0.284. The number of rotatable bonds is 4. The van der Waals surface area contributed by atoms with Gasteiger partial charge >= 0.3 is 0 Å². The Morgan fingerprint density at radius 3 is 2.79 bits per heavy atom. The van der Waals surface area contributed by atoms with Crippen LogP contribution in [0.4, 0.5) is 0 Å². The molecule has 0 aromatic heterocycles. The van der Waals surface area contributed by atoms with Crippen molar-refractivity contribution >= 4 is 27.5 Å². The minimum absolute atomic E-state index is 0.441. The second kappa shape index (κ2) is 5.75. The van der Waals surface area contributed by atoms with Crippen LogP contribution in [-0.2, 0) is 0 Å². The van der Waals surface area contributed by atoms with E-state index in [0.29, 0.717) is 6.04 Å². The number of hydrogen-bond acceptors (Lipinski definition) is 1. The third-order valence-electron chi connectivity index (χ3n) is 5.11. The van der Waals surface area contributed by atoms with Gasteiger partial charge in [0.1, 0.15) is 0 Å². The predicted molar refractivity (Wildman–Crippen MR) is 84.5 cm³/mol. The van der Waals surface area contributed by atoms with Crippen LogP contribution in [0.3, 0.4) is 0 Å². The Labute approximate surface area is 129 Å². The molecule has 0 spiro atoms. The summed E-state index contributed by atoms with van der Waals surface area (Å²) in [5, 5.41) is 4.29. The molecule has 2 bridgehead atoms. The lowest BCUT2D eigenvalue weighted by atomic mass is 9.83. The second-order valence-electron chi connectivity index (χ2n) is 6.18. The molecule has 0 saturated heterocycles. The Morgan fingerprint density at radius 1 is 1.37 bits per heavy atom. The van der Waals surface area contributed by atoms with E-state index < -0.39 is 0 Å². The van der Waals surface area contributed by atoms with Gasteiger partial charge in [0.2, 0.25) is 0 Å². The number of nitrogens with one attached hydrogen (secondary N) is 1. The molecule has 2 aliphatic rings. The average molecular weight is 343 g/mol. The highest BCUT2D eigenvalue weighted by Crippen LogP contribution is 2.51. The molecule has 3 rings (SSSR count). The molecule has 0 aliphatic heterocycles. The molecular formula is C16H21BrClN. The highest BCUT2D eigenvalue weighted by molar-refractivity contribution is 9.10. The fourth-order valence-electron chi connectivity index (χ4n) is 4.15. The minimum Gasteiger partial charge on any atom is -0.313 e. The predicted octanol–water partition coefficient (Wildman–Crippen LogP) is 5.19. The maximum absolute atomic E-state index is 6.04. The van der Waals surface area contributed by atoms with Gasteiger partial charge in [-0.2, -0.15) is 0 Å². The zero-order chi connectivity index (χ0) is 13.4. The van der Waals surface area contributed by atoms with Crippen molar-refractivity contribution < 1.29 is 0 Å². The van der Waals surface area contributed by atoms with Gasteiger partial charge < -0.3 is 5.32 Å².